The normalized spacial score (nSPS) is 12.9. The minimum Gasteiger partial charge on any atom is -0.462 e. The third-order valence-corrected chi connectivity index (χ3v) is 4.51. The molecule has 1 heterocycles. The first kappa shape index (κ1) is 20.3. The molecule has 0 fully saturated rings. The van der Waals surface area contributed by atoms with Crippen LogP contribution < -0.4 is 5.32 Å². The number of nitrogens with zero attached hydrogens (tertiary/aromatic N) is 1. The van der Waals surface area contributed by atoms with Crippen molar-refractivity contribution in [1.29, 1.82) is 0 Å². The van der Waals surface area contributed by atoms with Crippen LogP contribution in [-0.2, 0) is 9.53 Å². The van der Waals surface area contributed by atoms with Gasteiger partial charge in [0.15, 0.2) is 0 Å². The third-order valence-electron chi connectivity index (χ3n) is 4.51. The molecule has 0 saturated heterocycles. The number of ether oxygens (including phenoxy) is 1. The Bertz CT molecular complexity index is 915. The summed E-state index contributed by atoms with van der Waals surface area (Å²) in [6.45, 7) is 4.07. The fourth-order valence-corrected chi connectivity index (χ4v) is 2.89. The molecule has 1 aliphatic rings. The Hall–Kier alpha value is -3.48. The number of amides is 3. The van der Waals surface area contributed by atoms with Gasteiger partial charge < -0.3 is 10.1 Å². The van der Waals surface area contributed by atoms with E-state index < -0.39 is 23.7 Å². The maximum Gasteiger partial charge on any atom is 0.338 e. The third kappa shape index (κ3) is 4.68. The predicted molar refractivity (Wildman–Crippen MR) is 107 cm³/mol. The van der Waals surface area contributed by atoms with Crippen LogP contribution in [0.5, 0.6) is 0 Å². The van der Waals surface area contributed by atoms with Gasteiger partial charge in [0.25, 0.3) is 11.8 Å². The zero-order valence-electron chi connectivity index (χ0n) is 16.3. The molecule has 0 aliphatic carbocycles. The quantitative estimate of drug-likeness (QED) is 0.575. The van der Waals surface area contributed by atoms with E-state index in [1.165, 1.54) is 0 Å². The van der Waals surface area contributed by atoms with Gasteiger partial charge in [0.05, 0.1) is 23.3 Å². The number of carbonyl (C=O) groups is 4. The molecule has 0 spiro atoms. The lowest BCUT2D eigenvalue weighted by Gasteiger charge is -2.13. The van der Waals surface area contributed by atoms with Gasteiger partial charge in [-0.1, -0.05) is 26.0 Å². The first-order valence-corrected chi connectivity index (χ1v) is 9.39. The smallest absolute Gasteiger partial charge is 0.338 e. The van der Waals surface area contributed by atoms with Crippen LogP contribution in [0, 0.1) is 5.92 Å². The van der Waals surface area contributed by atoms with Crippen molar-refractivity contribution >= 4 is 29.4 Å². The molecule has 3 amide bonds. The Morgan fingerprint density at radius 2 is 1.55 bits per heavy atom. The highest BCUT2D eigenvalue weighted by Gasteiger charge is 2.36. The first-order chi connectivity index (χ1) is 13.9. The van der Waals surface area contributed by atoms with Crippen molar-refractivity contribution in [2.75, 3.05) is 18.5 Å². The number of rotatable bonds is 7. The Kier molecular flexibility index (Phi) is 6.07. The van der Waals surface area contributed by atoms with E-state index in [0.717, 1.165) is 11.3 Å². The van der Waals surface area contributed by atoms with Gasteiger partial charge in [-0.2, -0.15) is 0 Å². The number of esters is 1. The van der Waals surface area contributed by atoms with Gasteiger partial charge in [0.2, 0.25) is 5.91 Å². The summed E-state index contributed by atoms with van der Waals surface area (Å²) >= 11 is 0. The minimum absolute atomic E-state index is 0.297. The highest BCUT2D eigenvalue weighted by atomic mass is 16.5. The van der Waals surface area contributed by atoms with Crippen molar-refractivity contribution < 1.29 is 23.9 Å². The number of fused-ring (bicyclic) bond motifs is 1. The summed E-state index contributed by atoms with van der Waals surface area (Å²) in [5, 5.41) is 2.62. The molecule has 0 radical (unpaired) electrons. The molecule has 3 rings (SSSR count). The van der Waals surface area contributed by atoms with Crippen LogP contribution in [0.4, 0.5) is 5.69 Å². The van der Waals surface area contributed by atoms with E-state index in [4.69, 9.17) is 4.74 Å². The summed E-state index contributed by atoms with van der Waals surface area (Å²) in [6.07, 6.45) is 0.789. The summed E-state index contributed by atoms with van der Waals surface area (Å²) < 4.78 is 5.19. The van der Waals surface area contributed by atoms with Crippen LogP contribution in [-0.4, -0.2) is 41.7 Å². The molecule has 0 bridgehead atoms. The van der Waals surface area contributed by atoms with Gasteiger partial charge in [-0.3, -0.25) is 19.3 Å². The SMILES string of the molecule is CC(C)CCOC(=O)c1ccc(NC(=O)CN2C(=O)c3ccccc3C2=O)cc1. The number of hydrogen-bond donors (Lipinski definition) is 1. The van der Waals surface area contributed by atoms with E-state index in [1.54, 1.807) is 48.5 Å². The molecule has 0 unspecified atom stereocenters. The number of hydrogen-bond acceptors (Lipinski definition) is 5. The van der Waals surface area contributed by atoms with Crippen molar-refractivity contribution in [1.82, 2.24) is 4.90 Å². The van der Waals surface area contributed by atoms with E-state index in [9.17, 15) is 19.2 Å². The van der Waals surface area contributed by atoms with E-state index >= 15 is 0 Å². The fourth-order valence-electron chi connectivity index (χ4n) is 2.89. The van der Waals surface area contributed by atoms with Gasteiger partial charge >= 0.3 is 5.97 Å². The summed E-state index contributed by atoms with van der Waals surface area (Å²) in [7, 11) is 0. The van der Waals surface area contributed by atoms with Crippen molar-refractivity contribution in [2.45, 2.75) is 20.3 Å². The van der Waals surface area contributed by atoms with E-state index in [0.29, 0.717) is 34.9 Å². The van der Waals surface area contributed by atoms with Crippen LogP contribution in [0.3, 0.4) is 0 Å². The molecule has 2 aromatic rings. The van der Waals surface area contributed by atoms with E-state index in [2.05, 4.69) is 5.32 Å². The standard InChI is InChI=1S/C22H22N2O5/c1-14(2)11-12-29-22(28)15-7-9-16(10-8-15)23-19(25)13-24-20(26)17-5-3-4-6-18(17)21(24)27/h3-10,14H,11-13H2,1-2H3,(H,23,25). The second-order valence-electron chi connectivity index (χ2n) is 7.19. The largest absolute Gasteiger partial charge is 0.462 e. The van der Waals surface area contributed by atoms with Gasteiger partial charge in [0, 0.05) is 5.69 Å². The molecule has 0 saturated carbocycles. The Morgan fingerprint density at radius 1 is 0.966 bits per heavy atom. The topological polar surface area (TPSA) is 92.8 Å². The lowest BCUT2D eigenvalue weighted by Crippen LogP contribution is -2.37. The molecule has 29 heavy (non-hydrogen) atoms. The second kappa shape index (κ2) is 8.68. The van der Waals surface area contributed by atoms with Gasteiger partial charge in [-0.25, -0.2) is 4.79 Å². The molecule has 1 aliphatic heterocycles. The molecular formula is C22H22N2O5. The average Bonchev–Trinajstić information content (AvgIpc) is 2.93. The predicted octanol–water partition coefficient (Wildman–Crippen LogP) is 3.12. The van der Waals surface area contributed by atoms with Crippen LogP contribution in [0.1, 0.15) is 51.3 Å². The number of nitrogens with one attached hydrogen (secondary N) is 1. The van der Waals surface area contributed by atoms with Gasteiger partial charge in [-0.05, 0) is 48.7 Å². The minimum atomic E-state index is -0.508. The summed E-state index contributed by atoms with van der Waals surface area (Å²) in [6, 6.07) is 12.7. The van der Waals surface area contributed by atoms with Gasteiger partial charge in [-0.15, -0.1) is 0 Å². The maximum atomic E-state index is 12.3. The molecule has 7 heteroatoms. The van der Waals surface area contributed by atoms with Gasteiger partial charge in [0.1, 0.15) is 6.54 Å². The molecule has 0 atom stereocenters. The Balaban J connectivity index is 1.56. The molecule has 7 nitrogen and oxygen atoms in total. The lowest BCUT2D eigenvalue weighted by atomic mass is 10.1. The highest BCUT2D eigenvalue weighted by Crippen LogP contribution is 2.22. The molecule has 150 valence electrons. The number of imide groups is 1. The van der Waals surface area contributed by atoms with Crippen molar-refractivity contribution in [3.8, 4) is 0 Å². The molecule has 0 aromatic heterocycles. The van der Waals surface area contributed by atoms with E-state index in [-0.39, 0.29) is 6.54 Å². The molecule has 1 N–H and O–H groups in total. The van der Waals surface area contributed by atoms with Crippen molar-refractivity contribution in [3.63, 3.8) is 0 Å². The average molecular weight is 394 g/mol. The fraction of sp³-hybridized carbons (Fsp3) is 0.273. The monoisotopic (exact) mass is 394 g/mol. The zero-order chi connectivity index (χ0) is 21.0. The Morgan fingerprint density at radius 3 is 2.10 bits per heavy atom. The Labute approximate surface area is 168 Å². The van der Waals surface area contributed by atoms with Crippen LogP contribution >= 0.6 is 0 Å². The summed E-state index contributed by atoms with van der Waals surface area (Å²) in [5.74, 6) is -1.45. The van der Waals surface area contributed by atoms with Crippen LogP contribution in [0.2, 0.25) is 0 Å². The van der Waals surface area contributed by atoms with Crippen LogP contribution in [0.25, 0.3) is 0 Å². The van der Waals surface area contributed by atoms with E-state index in [1.807, 2.05) is 13.8 Å². The summed E-state index contributed by atoms with van der Waals surface area (Å²) in [4.78, 5) is 49.8. The molecular weight excluding hydrogens is 372 g/mol. The number of anilines is 1. The first-order valence-electron chi connectivity index (χ1n) is 9.39. The van der Waals surface area contributed by atoms with Crippen LogP contribution in [0.15, 0.2) is 48.5 Å². The number of benzene rings is 2. The van der Waals surface area contributed by atoms with Crippen molar-refractivity contribution in [2.24, 2.45) is 5.92 Å². The lowest BCUT2D eigenvalue weighted by molar-refractivity contribution is -0.116. The number of carbonyl (C=O) groups excluding carboxylic acids is 4. The molecule has 2 aromatic carbocycles. The van der Waals surface area contributed by atoms with Crippen molar-refractivity contribution in [3.05, 3.63) is 65.2 Å². The maximum absolute atomic E-state index is 12.3. The highest BCUT2D eigenvalue weighted by molar-refractivity contribution is 6.22. The summed E-state index contributed by atoms with van der Waals surface area (Å²) in [5.41, 5.74) is 1.42. The second-order valence-corrected chi connectivity index (χ2v) is 7.19. The zero-order valence-corrected chi connectivity index (χ0v) is 16.3.